The van der Waals surface area contributed by atoms with Gasteiger partial charge in [0.25, 0.3) is 5.91 Å². The van der Waals surface area contributed by atoms with E-state index in [2.05, 4.69) is 15.4 Å². The van der Waals surface area contributed by atoms with Gasteiger partial charge >= 0.3 is 0 Å². The molecule has 0 bridgehead atoms. The van der Waals surface area contributed by atoms with Gasteiger partial charge in [-0.05, 0) is 24.8 Å². The molecule has 0 aliphatic carbocycles. The maximum Gasteiger partial charge on any atom is 0.256 e. The third-order valence-corrected chi connectivity index (χ3v) is 5.42. The second-order valence-corrected chi connectivity index (χ2v) is 7.74. The van der Waals surface area contributed by atoms with Crippen LogP contribution >= 0.6 is 0 Å². The van der Waals surface area contributed by atoms with E-state index in [1.807, 2.05) is 0 Å². The van der Waals surface area contributed by atoms with Crippen molar-refractivity contribution < 1.29 is 13.2 Å². The van der Waals surface area contributed by atoms with E-state index in [1.165, 1.54) is 16.8 Å². The molecule has 23 heavy (non-hydrogen) atoms. The Morgan fingerprint density at radius 2 is 2.13 bits per heavy atom. The van der Waals surface area contributed by atoms with Gasteiger partial charge in [-0.2, -0.15) is 5.10 Å². The number of fused-ring (bicyclic) bond motifs is 1. The smallest absolute Gasteiger partial charge is 0.256 e. The van der Waals surface area contributed by atoms with Gasteiger partial charge in [-0.3, -0.25) is 4.79 Å². The number of carbonyl (C=O) groups excluding carboxylic acids is 1. The van der Waals surface area contributed by atoms with Crippen molar-refractivity contribution in [2.75, 3.05) is 25.9 Å². The lowest BCUT2D eigenvalue weighted by Crippen LogP contribution is -2.41. The zero-order valence-electron chi connectivity index (χ0n) is 12.8. The van der Waals surface area contributed by atoms with Crippen LogP contribution in [0.15, 0.2) is 24.7 Å². The van der Waals surface area contributed by atoms with Gasteiger partial charge in [0.2, 0.25) is 10.0 Å². The summed E-state index contributed by atoms with van der Waals surface area (Å²) in [6.45, 7) is 1.55. The average Bonchev–Trinajstić information content (AvgIpc) is 2.96. The Balaban J connectivity index is 1.56. The number of sulfonamides is 1. The first-order chi connectivity index (χ1) is 10.9. The molecular formula is C14H19N5O3S. The van der Waals surface area contributed by atoms with Gasteiger partial charge in [0.05, 0.1) is 12.5 Å². The molecule has 1 amide bonds. The molecule has 8 nitrogen and oxygen atoms in total. The van der Waals surface area contributed by atoms with Gasteiger partial charge in [0, 0.05) is 32.0 Å². The summed E-state index contributed by atoms with van der Waals surface area (Å²) in [5.41, 5.74) is 0.969. The van der Waals surface area contributed by atoms with Crippen molar-refractivity contribution in [3.8, 4) is 0 Å². The van der Waals surface area contributed by atoms with Crippen LogP contribution in [0.4, 0.5) is 0 Å². The van der Waals surface area contributed by atoms with Crippen LogP contribution in [0.5, 0.6) is 0 Å². The fourth-order valence-corrected chi connectivity index (χ4v) is 3.64. The van der Waals surface area contributed by atoms with Crippen molar-refractivity contribution >= 4 is 21.6 Å². The number of carbonyl (C=O) groups is 1. The minimum atomic E-state index is -3.11. The van der Waals surface area contributed by atoms with E-state index >= 15 is 0 Å². The summed E-state index contributed by atoms with van der Waals surface area (Å²) in [5, 5.41) is 6.99. The van der Waals surface area contributed by atoms with Crippen LogP contribution in [0.1, 0.15) is 23.2 Å². The number of amides is 1. The Hall–Kier alpha value is -2.00. The molecule has 1 saturated heterocycles. The van der Waals surface area contributed by atoms with Crippen LogP contribution in [-0.4, -0.2) is 59.1 Å². The maximum atomic E-state index is 12.3. The molecule has 2 aromatic rings. The van der Waals surface area contributed by atoms with E-state index in [9.17, 15) is 13.2 Å². The molecule has 1 fully saturated rings. The summed E-state index contributed by atoms with van der Waals surface area (Å²) in [5.74, 6) is 0.0796. The van der Waals surface area contributed by atoms with Crippen LogP contribution in [0.2, 0.25) is 0 Å². The highest BCUT2D eigenvalue weighted by Crippen LogP contribution is 2.18. The highest BCUT2D eigenvalue weighted by atomic mass is 32.2. The Bertz CT molecular complexity index is 809. The number of rotatable bonds is 4. The molecule has 124 valence electrons. The number of hydrogen-bond acceptors (Lipinski definition) is 5. The summed E-state index contributed by atoms with van der Waals surface area (Å²) >= 11 is 0. The Morgan fingerprint density at radius 1 is 1.39 bits per heavy atom. The van der Waals surface area contributed by atoms with Crippen molar-refractivity contribution in [2.24, 2.45) is 5.92 Å². The second kappa shape index (κ2) is 6.25. The molecule has 3 heterocycles. The van der Waals surface area contributed by atoms with Gasteiger partial charge in [0.15, 0.2) is 5.65 Å². The van der Waals surface area contributed by atoms with Crippen LogP contribution in [0, 0.1) is 5.92 Å². The van der Waals surface area contributed by atoms with E-state index < -0.39 is 10.0 Å². The number of aromatic nitrogens is 3. The first-order valence-electron chi connectivity index (χ1n) is 7.47. The zero-order chi connectivity index (χ0) is 16.4. The van der Waals surface area contributed by atoms with Crippen molar-refractivity contribution in [1.82, 2.24) is 24.2 Å². The van der Waals surface area contributed by atoms with Gasteiger partial charge in [-0.25, -0.2) is 22.2 Å². The van der Waals surface area contributed by atoms with E-state index in [4.69, 9.17) is 0 Å². The molecular weight excluding hydrogens is 318 g/mol. The largest absolute Gasteiger partial charge is 0.352 e. The quantitative estimate of drug-likeness (QED) is 0.855. The third-order valence-electron chi connectivity index (χ3n) is 4.12. The average molecular weight is 337 g/mol. The number of nitrogens with one attached hydrogen (secondary N) is 1. The highest BCUT2D eigenvalue weighted by molar-refractivity contribution is 7.88. The molecule has 1 N–H and O–H groups in total. The molecule has 0 saturated carbocycles. The van der Waals surface area contributed by atoms with Crippen molar-refractivity contribution in [3.05, 3.63) is 30.2 Å². The Kier molecular flexibility index (Phi) is 4.31. The fourth-order valence-electron chi connectivity index (χ4n) is 2.76. The van der Waals surface area contributed by atoms with Crippen LogP contribution in [0.3, 0.4) is 0 Å². The van der Waals surface area contributed by atoms with Gasteiger partial charge in [-0.1, -0.05) is 0 Å². The normalized spacial score (nSPS) is 17.4. The summed E-state index contributed by atoms with van der Waals surface area (Å²) < 4.78 is 26.0. The second-order valence-electron chi connectivity index (χ2n) is 5.76. The first-order valence-corrected chi connectivity index (χ1v) is 9.31. The number of hydrogen-bond donors (Lipinski definition) is 1. The Labute approximate surface area is 134 Å². The SMILES string of the molecule is CS(=O)(=O)N1CCC(CNC(=O)c2cnn3cccnc23)CC1. The summed E-state index contributed by atoms with van der Waals surface area (Å²) in [4.78, 5) is 16.4. The van der Waals surface area contributed by atoms with Crippen LogP contribution in [-0.2, 0) is 10.0 Å². The van der Waals surface area contributed by atoms with Crippen LogP contribution < -0.4 is 5.32 Å². The molecule has 1 aliphatic heterocycles. The molecule has 0 radical (unpaired) electrons. The summed E-state index contributed by atoms with van der Waals surface area (Å²) in [6, 6.07) is 1.75. The van der Waals surface area contributed by atoms with Crippen molar-refractivity contribution in [1.29, 1.82) is 0 Å². The predicted octanol–water partition coefficient (Wildman–Crippen LogP) is 0.131. The molecule has 0 atom stereocenters. The summed E-state index contributed by atoms with van der Waals surface area (Å²) in [7, 11) is -3.11. The lowest BCUT2D eigenvalue weighted by atomic mass is 9.98. The molecule has 3 rings (SSSR count). The van der Waals surface area contributed by atoms with Gasteiger partial charge in [0.1, 0.15) is 5.56 Å². The molecule has 0 aromatic carbocycles. The van der Waals surface area contributed by atoms with E-state index in [-0.39, 0.29) is 11.8 Å². The van der Waals surface area contributed by atoms with E-state index in [0.29, 0.717) is 30.8 Å². The number of piperidine rings is 1. The standard InChI is InChI=1S/C14H19N5O3S/c1-23(21,22)18-7-3-11(4-8-18)9-16-14(20)12-10-17-19-6-2-5-15-13(12)19/h2,5-6,10-11H,3-4,7-9H2,1H3,(H,16,20). The third kappa shape index (κ3) is 3.50. The molecule has 1 aliphatic rings. The lowest BCUT2D eigenvalue weighted by Gasteiger charge is -2.30. The minimum Gasteiger partial charge on any atom is -0.352 e. The van der Waals surface area contributed by atoms with E-state index in [0.717, 1.165) is 12.8 Å². The van der Waals surface area contributed by atoms with Crippen LogP contribution in [0.25, 0.3) is 5.65 Å². The topological polar surface area (TPSA) is 96.7 Å². The molecule has 9 heteroatoms. The number of nitrogens with zero attached hydrogens (tertiary/aromatic N) is 4. The Morgan fingerprint density at radius 3 is 2.83 bits per heavy atom. The monoisotopic (exact) mass is 337 g/mol. The van der Waals surface area contributed by atoms with Gasteiger partial charge < -0.3 is 5.32 Å². The molecule has 2 aromatic heterocycles. The lowest BCUT2D eigenvalue weighted by molar-refractivity contribution is 0.0943. The first kappa shape index (κ1) is 15.9. The summed E-state index contributed by atoms with van der Waals surface area (Å²) in [6.07, 6.45) is 7.59. The van der Waals surface area contributed by atoms with Crippen molar-refractivity contribution in [2.45, 2.75) is 12.8 Å². The maximum absolute atomic E-state index is 12.3. The highest BCUT2D eigenvalue weighted by Gasteiger charge is 2.25. The zero-order valence-corrected chi connectivity index (χ0v) is 13.7. The minimum absolute atomic E-state index is 0.204. The van der Waals surface area contributed by atoms with E-state index in [1.54, 1.807) is 23.0 Å². The van der Waals surface area contributed by atoms with Gasteiger partial charge in [-0.15, -0.1) is 0 Å². The predicted molar refractivity (Wildman–Crippen MR) is 84.5 cm³/mol. The molecule has 0 spiro atoms. The van der Waals surface area contributed by atoms with Crippen molar-refractivity contribution in [3.63, 3.8) is 0 Å². The fraction of sp³-hybridized carbons (Fsp3) is 0.500. The molecule has 0 unspecified atom stereocenters.